The third-order valence-corrected chi connectivity index (χ3v) is 4.52. The Morgan fingerprint density at radius 2 is 1.71 bits per heavy atom. The Morgan fingerprint density at radius 1 is 1.29 bits per heavy atom. The maximum Gasteiger partial charge on any atom is 0.210 e. The minimum Gasteiger partial charge on any atom is -0.213 e. The summed E-state index contributed by atoms with van der Waals surface area (Å²) in [4.78, 5) is 0. The Kier molecular flexibility index (Phi) is 4.59. The van der Waals surface area contributed by atoms with E-state index in [0.717, 1.165) is 6.42 Å². The van der Waals surface area contributed by atoms with Crippen LogP contribution >= 0.6 is 0 Å². The van der Waals surface area contributed by atoms with Gasteiger partial charge in [0.2, 0.25) is 10.0 Å². The molecule has 14 heavy (non-hydrogen) atoms. The van der Waals surface area contributed by atoms with E-state index in [2.05, 4.69) is 27.7 Å². The van der Waals surface area contributed by atoms with Crippen molar-refractivity contribution in [2.45, 2.75) is 34.1 Å². The average molecular weight is 221 g/mol. The van der Waals surface area contributed by atoms with Gasteiger partial charge in [-0.15, -0.1) is 0 Å². The Morgan fingerprint density at radius 3 is 2.00 bits per heavy atom. The van der Waals surface area contributed by atoms with Crippen molar-refractivity contribution in [1.82, 2.24) is 4.31 Å². The molecule has 0 N–H and O–H groups in total. The molecular formula is C10H23NO2S. The van der Waals surface area contributed by atoms with E-state index in [0.29, 0.717) is 12.5 Å². The van der Waals surface area contributed by atoms with E-state index in [9.17, 15) is 8.42 Å². The normalized spacial score (nSPS) is 14.0. The van der Waals surface area contributed by atoms with Crippen LogP contribution in [0.25, 0.3) is 0 Å². The summed E-state index contributed by atoms with van der Waals surface area (Å²) < 4.78 is 23.7. The second-order valence-electron chi connectivity index (χ2n) is 4.98. The third-order valence-electron chi connectivity index (χ3n) is 3.20. The van der Waals surface area contributed by atoms with Crippen molar-refractivity contribution in [3.63, 3.8) is 0 Å². The lowest BCUT2D eigenvalue weighted by Crippen LogP contribution is -2.31. The van der Waals surface area contributed by atoms with Gasteiger partial charge in [-0.3, -0.25) is 0 Å². The minimum absolute atomic E-state index is 0.193. The van der Waals surface area contributed by atoms with E-state index in [1.165, 1.54) is 10.6 Å². The molecule has 0 spiro atoms. The molecule has 0 aliphatic heterocycles. The second-order valence-corrected chi connectivity index (χ2v) is 7.07. The second kappa shape index (κ2) is 4.62. The fourth-order valence-corrected chi connectivity index (χ4v) is 1.32. The number of rotatable bonds is 5. The number of hydrogen-bond acceptors (Lipinski definition) is 2. The minimum atomic E-state index is -3.02. The molecule has 0 saturated carbocycles. The quantitative estimate of drug-likeness (QED) is 0.711. The van der Waals surface area contributed by atoms with Crippen molar-refractivity contribution in [2.75, 3.05) is 19.8 Å². The molecule has 0 atom stereocenters. The van der Waals surface area contributed by atoms with Crippen LogP contribution in [-0.2, 0) is 10.0 Å². The van der Waals surface area contributed by atoms with Gasteiger partial charge in [-0.1, -0.05) is 27.7 Å². The summed E-state index contributed by atoms with van der Waals surface area (Å²) in [7, 11) is -1.39. The molecule has 0 unspecified atom stereocenters. The van der Waals surface area contributed by atoms with Gasteiger partial charge in [0.05, 0.1) is 6.26 Å². The van der Waals surface area contributed by atoms with Crippen molar-refractivity contribution < 1.29 is 8.42 Å². The molecule has 86 valence electrons. The number of hydrogen-bond donors (Lipinski definition) is 0. The lowest BCUT2D eigenvalue weighted by Gasteiger charge is -2.30. The van der Waals surface area contributed by atoms with Gasteiger partial charge < -0.3 is 0 Å². The molecular weight excluding hydrogens is 198 g/mol. The maximum atomic E-state index is 11.1. The molecule has 0 saturated heterocycles. The molecule has 0 fully saturated rings. The maximum absolute atomic E-state index is 11.1. The van der Waals surface area contributed by atoms with E-state index in [4.69, 9.17) is 0 Å². The molecule has 0 radical (unpaired) electrons. The summed E-state index contributed by atoms with van der Waals surface area (Å²) in [5.41, 5.74) is 0.193. The Hall–Kier alpha value is -0.0900. The first-order valence-corrected chi connectivity index (χ1v) is 6.83. The molecule has 0 amide bonds. The van der Waals surface area contributed by atoms with Crippen molar-refractivity contribution in [3.8, 4) is 0 Å². The molecule has 0 heterocycles. The fourth-order valence-electron chi connectivity index (χ4n) is 0.900. The monoisotopic (exact) mass is 221 g/mol. The van der Waals surface area contributed by atoms with Gasteiger partial charge in [-0.2, -0.15) is 0 Å². The standard InChI is InChI=1S/C10H23NO2S/c1-9(2)10(3,4)7-8-11(5)14(6,12)13/h9H,7-8H2,1-6H3. The van der Waals surface area contributed by atoms with E-state index < -0.39 is 10.0 Å². The lowest BCUT2D eigenvalue weighted by atomic mass is 9.78. The van der Waals surface area contributed by atoms with Crippen LogP contribution in [0.2, 0.25) is 0 Å². The highest BCUT2D eigenvalue weighted by atomic mass is 32.2. The van der Waals surface area contributed by atoms with Crippen molar-refractivity contribution in [1.29, 1.82) is 0 Å². The third kappa shape index (κ3) is 4.42. The summed E-state index contributed by atoms with van der Waals surface area (Å²) in [5, 5.41) is 0. The highest BCUT2D eigenvalue weighted by Crippen LogP contribution is 2.30. The zero-order valence-corrected chi connectivity index (χ0v) is 11.0. The first kappa shape index (κ1) is 13.9. The summed E-state index contributed by atoms with van der Waals surface area (Å²) in [5.74, 6) is 0.565. The Bertz CT molecular complexity index is 268. The van der Waals surface area contributed by atoms with E-state index in [-0.39, 0.29) is 5.41 Å². The largest absolute Gasteiger partial charge is 0.213 e. The summed E-state index contributed by atoms with van der Waals surface area (Å²) in [6, 6.07) is 0. The van der Waals surface area contributed by atoms with Crippen molar-refractivity contribution >= 4 is 10.0 Å². The molecule has 0 bridgehead atoms. The van der Waals surface area contributed by atoms with Crippen LogP contribution in [0, 0.1) is 11.3 Å². The lowest BCUT2D eigenvalue weighted by molar-refractivity contribution is 0.214. The van der Waals surface area contributed by atoms with Crippen LogP contribution in [-0.4, -0.2) is 32.6 Å². The molecule has 0 aliphatic rings. The summed E-state index contributed by atoms with van der Waals surface area (Å²) in [6.45, 7) is 9.28. The van der Waals surface area contributed by atoms with Crippen molar-refractivity contribution in [3.05, 3.63) is 0 Å². The topological polar surface area (TPSA) is 37.4 Å². The summed E-state index contributed by atoms with van der Waals surface area (Å²) in [6.07, 6.45) is 2.14. The van der Waals surface area contributed by atoms with Crippen LogP contribution in [0.1, 0.15) is 34.1 Å². The van der Waals surface area contributed by atoms with Crippen LogP contribution in [0.15, 0.2) is 0 Å². The molecule has 0 aromatic carbocycles. The molecule has 0 aliphatic carbocycles. The van der Waals surface area contributed by atoms with E-state index in [1.807, 2.05) is 0 Å². The predicted octanol–water partition coefficient (Wildman–Crippen LogP) is 1.95. The zero-order valence-electron chi connectivity index (χ0n) is 10.2. The van der Waals surface area contributed by atoms with Gasteiger partial charge in [0, 0.05) is 13.6 Å². The van der Waals surface area contributed by atoms with Gasteiger partial charge in [-0.25, -0.2) is 12.7 Å². The molecule has 0 rings (SSSR count). The smallest absolute Gasteiger partial charge is 0.210 e. The van der Waals surface area contributed by atoms with Crippen LogP contribution < -0.4 is 0 Å². The van der Waals surface area contributed by atoms with Gasteiger partial charge >= 0.3 is 0 Å². The molecule has 4 heteroatoms. The summed E-state index contributed by atoms with van der Waals surface area (Å²) >= 11 is 0. The molecule has 0 aromatic rings. The molecule has 3 nitrogen and oxygen atoms in total. The van der Waals surface area contributed by atoms with Gasteiger partial charge in [0.1, 0.15) is 0 Å². The zero-order chi connectivity index (χ0) is 11.6. The van der Waals surface area contributed by atoms with E-state index >= 15 is 0 Å². The van der Waals surface area contributed by atoms with Gasteiger partial charge in [-0.05, 0) is 17.8 Å². The number of nitrogens with zero attached hydrogens (tertiary/aromatic N) is 1. The Labute approximate surface area is 88.5 Å². The highest BCUT2D eigenvalue weighted by molar-refractivity contribution is 7.88. The van der Waals surface area contributed by atoms with Crippen LogP contribution in [0.4, 0.5) is 0 Å². The highest BCUT2D eigenvalue weighted by Gasteiger charge is 2.23. The predicted molar refractivity (Wildman–Crippen MR) is 60.7 cm³/mol. The van der Waals surface area contributed by atoms with Crippen molar-refractivity contribution in [2.24, 2.45) is 11.3 Å². The van der Waals surface area contributed by atoms with Gasteiger partial charge in [0.25, 0.3) is 0 Å². The van der Waals surface area contributed by atoms with Crippen LogP contribution in [0.5, 0.6) is 0 Å². The number of sulfonamides is 1. The fraction of sp³-hybridized carbons (Fsp3) is 1.00. The van der Waals surface area contributed by atoms with Gasteiger partial charge in [0.15, 0.2) is 0 Å². The first-order chi connectivity index (χ1) is 6.07. The molecule has 0 aromatic heterocycles. The SMILES string of the molecule is CC(C)C(C)(C)CCN(C)S(C)(=O)=O. The van der Waals surface area contributed by atoms with Crippen LogP contribution in [0.3, 0.4) is 0 Å². The average Bonchev–Trinajstić information content (AvgIpc) is 1.98. The first-order valence-electron chi connectivity index (χ1n) is 4.98. The Balaban J connectivity index is 4.20. The van der Waals surface area contributed by atoms with E-state index in [1.54, 1.807) is 7.05 Å².